The van der Waals surface area contributed by atoms with Crippen molar-refractivity contribution in [2.45, 2.75) is 49.9 Å². The summed E-state index contributed by atoms with van der Waals surface area (Å²) < 4.78 is 1.67. The molecule has 7 heteroatoms. The van der Waals surface area contributed by atoms with Crippen molar-refractivity contribution in [1.29, 1.82) is 0 Å². The van der Waals surface area contributed by atoms with Gasteiger partial charge in [0.05, 0.1) is 16.3 Å². The lowest BCUT2D eigenvalue weighted by molar-refractivity contribution is -0.119. The second kappa shape index (κ2) is 7.72. The zero-order valence-electron chi connectivity index (χ0n) is 16.2. The third kappa shape index (κ3) is 3.37. The molecule has 2 aromatic heterocycles. The average molecular weight is 414 g/mol. The molecule has 1 aliphatic carbocycles. The lowest BCUT2D eigenvalue weighted by Gasteiger charge is -2.16. The van der Waals surface area contributed by atoms with E-state index >= 15 is 0 Å². The highest BCUT2D eigenvalue weighted by atomic mass is 32.2. The maximum Gasteiger partial charge on any atom is 0.267 e. The van der Waals surface area contributed by atoms with Crippen molar-refractivity contribution in [3.05, 3.63) is 50.6 Å². The summed E-state index contributed by atoms with van der Waals surface area (Å²) in [5.41, 5.74) is 3.07. The summed E-state index contributed by atoms with van der Waals surface area (Å²) in [6.07, 6.45) is 4.26. The standard InChI is InChI=1S/C21H23N3O2S2/c1-12-8-10-14(11-9-12)24-20(26)17-15-6-4-5-7-16(15)28-19(17)23-21(24)27-13(2)18(25)22-3/h8-11,13H,4-7H2,1-3H3,(H,22,25). The van der Waals surface area contributed by atoms with Crippen molar-refractivity contribution >= 4 is 39.2 Å². The van der Waals surface area contributed by atoms with Gasteiger partial charge in [-0.05, 0) is 57.2 Å². The first-order valence-corrected chi connectivity index (χ1v) is 11.2. The second-order valence-electron chi connectivity index (χ2n) is 7.14. The molecular formula is C21H23N3O2S2. The molecule has 0 bridgehead atoms. The van der Waals surface area contributed by atoms with Crippen LogP contribution in [-0.4, -0.2) is 27.8 Å². The molecule has 1 aliphatic rings. The van der Waals surface area contributed by atoms with Crippen LogP contribution >= 0.6 is 23.1 Å². The van der Waals surface area contributed by atoms with Crippen LogP contribution in [0.2, 0.25) is 0 Å². The minimum atomic E-state index is -0.347. The fraction of sp³-hybridized carbons (Fsp3) is 0.381. The molecule has 4 rings (SSSR count). The van der Waals surface area contributed by atoms with Gasteiger partial charge in [0.25, 0.3) is 5.56 Å². The number of rotatable bonds is 4. The number of thioether (sulfide) groups is 1. The predicted molar refractivity (Wildman–Crippen MR) is 116 cm³/mol. The molecule has 5 nitrogen and oxygen atoms in total. The van der Waals surface area contributed by atoms with Gasteiger partial charge in [0.1, 0.15) is 4.83 Å². The van der Waals surface area contributed by atoms with Crippen molar-refractivity contribution in [3.63, 3.8) is 0 Å². The van der Waals surface area contributed by atoms with Gasteiger partial charge < -0.3 is 5.32 Å². The summed E-state index contributed by atoms with van der Waals surface area (Å²) >= 11 is 2.96. The van der Waals surface area contributed by atoms with Crippen molar-refractivity contribution in [2.24, 2.45) is 0 Å². The highest BCUT2D eigenvalue weighted by Gasteiger charge is 2.24. The summed E-state index contributed by atoms with van der Waals surface area (Å²) in [4.78, 5) is 32.6. The van der Waals surface area contributed by atoms with Crippen molar-refractivity contribution in [3.8, 4) is 5.69 Å². The number of thiophene rings is 1. The van der Waals surface area contributed by atoms with Crippen molar-refractivity contribution < 1.29 is 4.79 Å². The fourth-order valence-corrected chi connectivity index (χ4v) is 5.89. The number of fused-ring (bicyclic) bond motifs is 3. The lowest BCUT2D eigenvalue weighted by Crippen LogP contribution is -2.29. The van der Waals surface area contributed by atoms with Crippen LogP contribution < -0.4 is 10.9 Å². The van der Waals surface area contributed by atoms with Crippen LogP contribution in [0.3, 0.4) is 0 Å². The molecule has 146 valence electrons. The molecule has 1 N–H and O–H groups in total. The lowest BCUT2D eigenvalue weighted by atomic mass is 9.97. The highest BCUT2D eigenvalue weighted by Crippen LogP contribution is 2.35. The Balaban J connectivity index is 1.95. The van der Waals surface area contributed by atoms with E-state index in [2.05, 4.69) is 5.32 Å². The number of carbonyl (C=O) groups is 1. The van der Waals surface area contributed by atoms with E-state index in [1.165, 1.54) is 28.6 Å². The molecule has 3 aromatic rings. The van der Waals surface area contributed by atoms with Crippen molar-refractivity contribution in [1.82, 2.24) is 14.9 Å². The molecule has 0 saturated carbocycles. The summed E-state index contributed by atoms with van der Waals surface area (Å²) in [7, 11) is 1.62. The number of hydrogen-bond acceptors (Lipinski definition) is 5. The molecule has 2 heterocycles. The maximum atomic E-state index is 13.6. The van der Waals surface area contributed by atoms with Gasteiger partial charge in [-0.1, -0.05) is 29.5 Å². The molecule has 0 aliphatic heterocycles. The van der Waals surface area contributed by atoms with Crippen LogP contribution in [0.1, 0.15) is 35.8 Å². The van der Waals surface area contributed by atoms with E-state index in [0.29, 0.717) is 5.16 Å². The Morgan fingerprint density at radius 1 is 1.25 bits per heavy atom. The summed E-state index contributed by atoms with van der Waals surface area (Å²) in [5, 5.41) is 3.65. The van der Waals surface area contributed by atoms with E-state index < -0.39 is 0 Å². The van der Waals surface area contributed by atoms with Crippen LogP contribution in [0, 0.1) is 6.92 Å². The van der Waals surface area contributed by atoms with Crippen LogP contribution in [-0.2, 0) is 17.6 Å². The van der Waals surface area contributed by atoms with Gasteiger partial charge >= 0.3 is 0 Å². The van der Waals surface area contributed by atoms with E-state index in [1.807, 2.05) is 38.1 Å². The van der Waals surface area contributed by atoms with Crippen molar-refractivity contribution in [2.75, 3.05) is 7.05 Å². The smallest absolute Gasteiger partial charge is 0.267 e. The Bertz CT molecular complexity index is 1100. The molecule has 28 heavy (non-hydrogen) atoms. The first-order chi connectivity index (χ1) is 13.5. The number of amides is 1. The first-order valence-electron chi connectivity index (χ1n) is 9.52. The number of hydrogen-bond donors (Lipinski definition) is 1. The average Bonchev–Trinajstić information content (AvgIpc) is 3.07. The van der Waals surface area contributed by atoms with Gasteiger partial charge in [0, 0.05) is 11.9 Å². The molecule has 0 fully saturated rings. The van der Waals surface area contributed by atoms with E-state index in [1.54, 1.807) is 23.0 Å². The Morgan fingerprint density at radius 3 is 2.68 bits per heavy atom. The molecule has 1 unspecified atom stereocenters. The molecule has 1 aromatic carbocycles. The van der Waals surface area contributed by atoms with E-state index in [4.69, 9.17) is 4.98 Å². The number of aromatic nitrogens is 2. The monoisotopic (exact) mass is 413 g/mol. The molecule has 0 spiro atoms. The summed E-state index contributed by atoms with van der Waals surface area (Å²) in [6, 6.07) is 7.87. The fourth-order valence-electron chi connectivity index (χ4n) is 3.60. The van der Waals surface area contributed by atoms with E-state index in [9.17, 15) is 9.59 Å². The van der Waals surface area contributed by atoms with Gasteiger partial charge in [-0.25, -0.2) is 4.98 Å². The van der Waals surface area contributed by atoms with E-state index in [0.717, 1.165) is 40.7 Å². The minimum absolute atomic E-state index is 0.0279. The van der Waals surface area contributed by atoms with E-state index in [-0.39, 0.29) is 16.7 Å². The number of aryl methyl sites for hydroxylation is 3. The Morgan fingerprint density at radius 2 is 1.96 bits per heavy atom. The summed E-state index contributed by atoms with van der Waals surface area (Å²) in [5.74, 6) is -0.0831. The van der Waals surface area contributed by atoms with Gasteiger partial charge in [0.2, 0.25) is 5.91 Å². The molecule has 0 saturated heterocycles. The Kier molecular flexibility index (Phi) is 5.29. The second-order valence-corrected chi connectivity index (χ2v) is 9.53. The third-order valence-electron chi connectivity index (χ3n) is 5.15. The normalized spacial score (nSPS) is 14.7. The number of nitrogens with one attached hydrogen (secondary N) is 1. The number of carbonyl (C=O) groups excluding carboxylic acids is 1. The van der Waals surface area contributed by atoms with Gasteiger partial charge in [0.15, 0.2) is 5.16 Å². The van der Waals surface area contributed by atoms with Crippen LogP contribution in [0.15, 0.2) is 34.2 Å². The maximum absolute atomic E-state index is 13.6. The number of nitrogens with zero attached hydrogens (tertiary/aromatic N) is 2. The van der Waals surface area contributed by atoms with Gasteiger partial charge in [-0.15, -0.1) is 11.3 Å². The van der Waals surface area contributed by atoms with Crippen LogP contribution in [0.25, 0.3) is 15.9 Å². The molecule has 1 amide bonds. The first kappa shape index (κ1) is 19.2. The van der Waals surface area contributed by atoms with Gasteiger partial charge in [-0.3, -0.25) is 14.2 Å². The topological polar surface area (TPSA) is 64.0 Å². The SMILES string of the molecule is CNC(=O)C(C)Sc1nc2sc3c(c2c(=O)n1-c1ccc(C)cc1)CCCC3. The zero-order chi connectivity index (χ0) is 19.8. The third-order valence-corrected chi connectivity index (χ3v) is 7.39. The summed E-state index contributed by atoms with van der Waals surface area (Å²) in [6.45, 7) is 3.85. The van der Waals surface area contributed by atoms with Crippen LogP contribution in [0.5, 0.6) is 0 Å². The highest BCUT2D eigenvalue weighted by molar-refractivity contribution is 8.00. The predicted octanol–water partition coefficient (Wildman–Crippen LogP) is 3.86. The van der Waals surface area contributed by atoms with Crippen LogP contribution in [0.4, 0.5) is 0 Å². The molecule has 1 atom stereocenters. The Labute approximate surface area is 172 Å². The zero-order valence-corrected chi connectivity index (χ0v) is 17.9. The largest absolute Gasteiger partial charge is 0.358 e. The quantitative estimate of drug-likeness (QED) is 0.521. The molecule has 0 radical (unpaired) electrons. The number of benzene rings is 1. The minimum Gasteiger partial charge on any atom is -0.358 e. The van der Waals surface area contributed by atoms with Gasteiger partial charge in [-0.2, -0.15) is 0 Å². The molecular weight excluding hydrogens is 390 g/mol. The Hall–Kier alpha value is -2.12.